The van der Waals surface area contributed by atoms with Crippen LogP contribution in [0.4, 0.5) is 0 Å². The molecule has 5 heteroatoms. The third-order valence-electron chi connectivity index (χ3n) is 1.64. The lowest BCUT2D eigenvalue weighted by Gasteiger charge is -2.01. The van der Waals surface area contributed by atoms with Crippen molar-refractivity contribution in [3.63, 3.8) is 0 Å². The molecule has 0 spiro atoms. The van der Waals surface area contributed by atoms with Crippen LogP contribution in [0, 0.1) is 0 Å². The van der Waals surface area contributed by atoms with E-state index < -0.39 is 0 Å². The van der Waals surface area contributed by atoms with Gasteiger partial charge in [-0.2, -0.15) is 0 Å². The molecule has 0 unspecified atom stereocenters. The van der Waals surface area contributed by atoms with Gasteiger partial charge in [-0.25, -0.2) is 4.68 Å². The van der Waals surface area contributed by atoms with Crippen molar-refractivity contribution in [1.82, 2.24) is 15.0 Å². The highest BCUT2D eigenvalue weighted by Gasteiger charge is 1.97. The number of hydrogen-bond acceptors (Lipinski definition) is 4. The molecule has 0 aliphatic rings. The minimum absolute atomic E-state index is 0.966. The first-order valence-electron chi connectivity index (χ1n) is 3.73. The monoisotopic (exact) mass is 192 g/mol. The summed E-state index contributed by atoms with van der Waals surface area (Å²) in [5.41, 5.74) is 0.966. The van der Waals surface area contributed by atoms with E-state index in [1.54, 1.807) is 17.1 Å². The van der Waals surface area contributed by atoms with Crippen molar-refractivity contribution >= 4 is 11.9 Å². The number of nitrogens with two attached hydrogens (primary N) is 1. The van der Waals surface area contributed by atoms with E-state index in [4.69, 9.17) is 5.14 Å². The van der Waals surface area contributed by atoms with Crippen LogP contribution in [0.1, 0.15) is 0 Å². The zero-order valence-corrected chi connectivity index (χ0v) is 7.61. The summed E-state index contributed by atoms with van der Waals surface area (Å²) < 4.78 is 1.69. The molecule has 2 aromatic rings. The Morgan fingerprint density at radius 2 is 2.31 bits per heavy atom. The SMILES string of the molecule is NSc1cccc(-n2ccnn2)c1. The van der Waals surface area contributed by atoms with Crippen LogP contribution in [-0.4, -0.2) is 15.0 Å². The highest BCUT2D eigenvalue weighted by atomic mass is 32.2. The molecule has 1 aromatic heterocycles. The van der Waals surface area contributed by atoms with Gasteiger partial charge in [0.15, 0.2) is 0 Å². The van der Waals surface area contributed by atoms with Crippen LogP contribution in [0.25, 0.3) is 5.69 Å². The van der Waals surface area contributed by atoms with Crippen LogP contribution in [0.15, 0.2) is 41.6 Å². The lowest BCUT2D eigenvalue weighted by Crippen LogP contribution is -1.95. The Hall–Kier alpha value is -1.33. The zero-order valence-electron chi connectivity index (χ0n) is 6.79. The first-order valence-corrected chi connectivity index (χ1v) is 4.61. The van der Waals surface area contributed by atoms with Crippen LogP contribution < -0.4 is 5.14 Å². The second-order valence-corrected chi connectivity index (χ2v) is 3.17. The average molecular weight is 192 g/mol. The van der Waals surface area contributed by atoms with Crippen molar-refractivity contribution in [3.05, 3.63) is 36.7 Å². The molecule has 0 radical (unpaired) electrons. The van der Waals surface area contributed by atoms with Crippen LogP contribution in [0.2, 0.25) is 0 Å². The van der Waals surface area contributed by atoms with Crippen LogP contribution in [-0.2, 0) is 0 Å². The predicted molar refractivity (Wildman–Crippen MR) is 51.4 cm³/mol. The van der Waals surface area contributed by atoms with E-state index in [1.807, 2.05) is 24.3 Å². The normalized spacial score (nSPS) is 10.2. The second kappa shape index (κ2) is 3.59. The maximum atomic E-state index is 5.44. The van der Waals surface area contributed by atoms with Gasteiger partial charge >= 0.3 is 0 Å². The first-order chi connectivity index (χ1) is 6.40. The average Bonchev–Trinajstić information content (AvgIpc) is 2.71. The van der Waals surface area contributed by atoms with E-state index in [0.717, 1.165) is 10.6 Å². The predicted octanol–water partition coefficient (Wildman–Crippen LogP) is 1.23. The summed E-state index contributed by atoms with van der Waals surface area (Å²) in [5.74, 6) is 0. The van der Waals surface area contributed by atoms with Gasteiger partial charge in [0.25, 0.3) is 0 Å². The molecule has 66 valence electrons. The molecule has 0 fully saturated rings. The maximum Gasteiger partial charge on any atom is 0.0697 e. The largest absolute Gasteiger partial charge is 0.274 e. The molecule has 2 rings (SSSR count). The Morgan fingerprint density at radius 1 is 1.38 bits per heavy atom. The molecule has 0 atom stereocenters. The molecule has 1 aromatic carbocycles. The Kier molecular flexibility index (Phi) is 2.29. The minimum Gasteiger partial charge on any atom is -0.274 e. The Balaban J connectivity index is 2.41. The summed E-state index contributed by atoms with van der Waals surface area (Å²) in [6, 6.07) is 7.80. The molecular weight excluding hydrogens is 184 g/mol. The molecule has 1 heterocycles. The van der Waals surface area contributed by atoms with Crippen LogP contribution in [0.5, 0.6) is 0 Å². The van der Waals surface area contributed by atoms with Crippen molar-refractivity contribution < 1.29 is 0 Å². The molecule has 13 heavy (non-hydrogen) atoms. The minimum atomic E-state index is 0.966. The van der Waals surface area contributed by atoms with Gasteiger partial charge in [0.1, 0.15) is 0 Å². The molecule has 0 amide bonds. The van der Waals surface area contributed by atoms with E-state index in [9.17, 15) is 0 Å². The van der Waals surface area contributed by atoms with Gasteiger partial charge in [-0.05, 0) is 30.1 Å². The molecule has 4 nitrogen and oxygen atoms in total. The van der Waals surface area contributed by atoms with E-state index in [2.05, 4.69) is 10.3 Å². The molecule has 0 saturated carbocycles. The maximum absolute atomic E-state index is 5.44. The Morgan fingerprint density at radius 3 is 3.00 bits per heavy atom. The number of aromatic nitrogens is 3. The van der Waals surface area contributed by atoms with Crippen molar-refractivity contribution in [2.45, 2.75) is 4.90 Å². The molecular formula is C8H8N4S. The van der Waals surface area contributed by atoms with Crippen molar-refractivity contribution in [1.29, 1.82) is 0 Å². The quantitative estimate of drug-likeness (QED) is 0.727. The summed E-state index contributed by atoms with van der Waals surface area (Å²) in [7, 11) is 0. The molecule has 0 aliphatic heterocycles. The van der Waals surface area contributed by atoms with E-state index in [1.165, 1.54) is 11.9 Å². The topological polar surface area (TPSA) is 56.7 Å². The zero-order chi connectivity index (χ0) is 9.10. The van der Waals surface area contributed by atoms with Gasteiger partial charge in [0.05, 0.1) is 18.1 Å². The van der Waals surface area contributed by atoms with Crippen molar-refractivity contribution in [3.8, 4) is 5.69 Å². The number of benzene rings is 1. The highest BCUT2D eigenvalue weighted by molar-refractivity contribution is 7.97. The second-order valence-electron chi connectivity index (χ2n) is 2.46. The van der Waals surface area contributed by atoms with Gasteiger partial charge in [0.2, 0.25) is 0 Å². The van der Waals surface area contributed by atoms with E-state index in [0.29, 0.717) is 0 Å². The van der Waals surface area contributed by atoms with Gasteiger partial charge in [-0.15, -0.1) is 5.10 Å². The first kappa shape index (κ1) is 8.28. The number of nitrogens with zero attached hydrogens (tertiary/aromatic N) is 3. The number of hydrogen-bond donors (Lipinski definition) is 1. The summed E-state index contributed by atoms with van der Waals surface area (Å²) in [5, 5.41) is 13.1. The van der Waals surface area contributed by atoms with Crippen LogP contribution in [0.3, 0.4) is 0 Å². The van der Waals surface area contributed by atoms with Crippen molar-refractivity contribution in [2.24, 2.45) is 5.14 Å². The molecule has 0 aliphatic carbocycles. The number of rotatable bonds is 2. The van der Waals surface area contributed by atoms with Crippen LogP contribution >= 0.6 is 11.9 Å². The van der Waals surface area contributed by atoms with Crippen molar-refractivity contribution in [2.75, 3.05) is 0 Å². The standard InChI is InChI=1S/C8H8N4S/c9-13-8-3-1-2-7(6-8)12-5-4-10-11-12/h1-6H,9H2. The fourth-order valence-electron chi connectivity index (χ4n) is 1.05. The molecule has 0 saturated heterocycles. The van der Waals surface area contributed by atoms with Gasteiger partial charge in [-0.1, -0.05) is 11.3 Å². The summed E-state index contributed by atoms with van der Waals surface area (Å²) in [4.78, 5) is 1.01. The fourth-order valence-corrected chi connectivity index (χ4v) is 1.39. The molecule has 0 bridgehead atoms. The fraction of sp³-hybridized carbons (Fsp3) is 0. The summed E-state index contributed by atoms with van der Waals surface area (Å²) in [6.45, 7) is 0. The third-order valence-corrected chi connectivity index (χ3v) is 2.17. The summed E-state index contributed by atoms with van der Waals surface area (Å²) in [6.07, 6.45) is 3.43. The molecule has 2 N–H and O–H groups in total. The van der Waals surface area contributed by atoms with Gasteiger partial charge < -0.3 is 0 Å². The third kappa shape index (κ3) is 1.71. The van der Waals surface area contributed by atoms with E-state index in [-0.39, 0.29) is 0 Å². The Labute approximate surface area is 79.9 Å². The summed E-state index contributed by atoms with van der Waals surface area (Å²) >= 11 is 1.22. The van der Waals surface area contributed by atoms with Gasteiger partial charge in [-0.3, -0.25) is 5.14 Å². The lowest BCUT2D eigenvalue weighted by atomic mass is 10.3. The Bertz CT molecular complexity index is 385. The highest BCUT2D eigenvalue weighted by Crippen LogP contribution is 2.15. The van der Waals surface area contributed by atoms with E-state index >= 15 is 0 Å². The smallest absolute Gasteiger partial charge is 0.0697 e. The lowest BCUT2D eigenvalue weighted by molar-refractivity contribution is 0.801. The van der Waals surface area contributed by atoms with Gasteiger partial charge in [0, 0.05) is 4.90 Å².